The number of hydrogen-bond acceptors (Lipinski definition) is 2. The third-order valence-corrected chi connectivity index (χ3v) is 3.53. The zero-order valence-corrected chi connectivity index (χ0v) is 13.4. The van der Waals surface area contributed by atoms with E-state index < -0.39 is 0 Å². The first kappa shape index (κ1) is 16.0. The molecule has 0 aliphatic carbocycles. The molecule has 1 aromatic carbocycles. The van der Waals surface area contributed by atoms with Gasteiger partial charge in [0.05, 0.1) is 6.10 Å². The maximum absolute atomic E-state index is 5.96. The molecular weight excluding hydrogens is 314 g/mol. The number of hydrogen-bond donors (Lipinski definition) is 1. The second-order valence-electron chi connectivity index (χ2n) is 4.54. The Labute approximate surface area is 123 Å². The highest BCUT2D eigenvalue weighted by atomic mass is 79.9. The molecule has 0 amide bonds. The Kier molecular flexibility index (Phi) is 7.91. The van der Waals surface area contributed by atoms with Gasteiger partial charge in [0.1, 0.15) is 0 Å². The van der Waals surface area contributed by atoms with Crippen molar-refractivity contribution in [2.24, 2.45) is 0 Å². The summed E-state index contributed by atoms with van der Waals surface area (Å²) in [6.45, 7) is 6.82. The van der Waals surface area contributed by atoms with Gasteiger partial charge >= 0.3 is 0 Å². The van der Waals surface area contributed by atoms with E-state index in [2.05, 4.69) is 35.1 Å². The zero-order valence-electron chi connectivity index (χ0n) is 11.0. The molecule has 102 valence electrons. The second kappa shape index (κ2) is 8.92. The van der Waals surface area contributed by atoms with Gasteiger partial charge < -0.3 is 10.1 Å². The molecule has 0 atom stereocenters. The number of benzene rings is 1. The molecule has 0 aliphatic rings. The van der Waals surface area contributed by atoms with Crippen LogP contribution in [0.3, 0.4) is 0 Å². The van der Waals surface area contributed by atoms with Gasteiger partial charge in [-0.3, -0.25) is 0 Å². The molecule has 18 heavy (non-hydrogen) atoms. The van der Waals surface area contributed by atoms with Crippen LogP contribution >= 0.6 is 27.5 Å². The summed E-state index contributed by atoms with van der Waals surface area (Å²) in [6.07, 6.45) is 2.56. The van der Waals surface area contributed by atoms with Crippen molar-refractivity contribution >= 4 is 27.5 Å². The third-order valence-electron chi connectivity index (χ3n) is 2.52. The molecule has 0 unspecified atom stereocenters. The average Bonchev–Trinajstić information content (AvgIpc) is 2.32. The minimum Gasteiger partial charge on any atom is -0.379 e. The summed E-state index contributed by atoms with van der Waals surface area (Å²) < 4.78 is 6.59. The van der Waals surface area contributed by atoms with Crippen molar-refractivity contribution in [3.05, 3.63) is 33.3 Å². The fourth-order valence-corrected chi connectivity index (χ4v) is 2.15. The Morgan fingerprint density at radius 1 is 1.33 bits per heavy atom. The van der Waals surface area contributed by atoms with E-state index in [1.54, 1.807) is 0 Å². The summed E-state index contributed by atoms with van der Waals surface area (Å²) in [5.41, 5.74) is 1.20. The van der Waals surface area contributed by atoms with Gasteiger partial charge in [-0.15, -0.1) is 0 Å². The molecule has 0 heterocycles. The molecule has 1 N–H and O–H groups in total. The Morgan fingerprint density at radius 2 is 2.11 bits per heavy atom. The Bertz CT molecular complexity index is 358. The van der Waals surface area contributed by atoms with E-state index in [1.165, 1.54) is 5.56 Å². The van der Waals surface area contributed by atoms with Crippen molar-refractivity contribution in [2.75, 3.05) is 13.2 Å². The lowest BCUT2D eigenvalue weighted by Gasteiger charge is -2.09. The van der Waals surface area contributed by atoms with E-state index >= 15 is 0 Å². The van der Waals surface area contributed by atoms with Gasteiger partial charge in [0, 0.05) is 22.6 Å². The van der Waals surface area contributed by atoms with Crippen LogP contribution in [0.25, 0.3) is 0 Å². The number of nitrogens with one attached hydrogen (secondary N) is 1. The quantitative estimate of drug-likeness (QED) is 0.712. The summed E-state index contributed by atoms with van der Waals surface area (Å²) in [4.78, 5) is 0. The van der Waals surface area contributed by atoms with Gasteiger partial charge in [0.2, 0.25) is 0 Å². The first-order valence-corrected chi connectivity index (χ1v) is 7.53. The molecule has 0 saturated heterocycles. The number of rotatable bonds is 8. The third kappa shape index (κ3) is 6.74. The van der Waals surface area contributed by atoms with Gasteiger partial charge in [-0.05, 0) is 57.0 Å². The predicted octanol–water partition coefficient (Wildman–Crippen LogP) is 4.40. The van der Waals surface area contributed by atoms with Crippen LogP contribution in [-0.4, -0.2) is 19.3 Å². The maximum atomic E-state index is 5.96. The fraction of sp³-hybridized carbons (Fsp3) is 0.571. The Hall–Kier alpha value is -0.0900. The van der Waals surface area contributed by atoms with E-state index in [-0.39, 0.29) is 0 Å². The normalized spacial score (nSPS) is 11.2. The molecule has 0 fully saturated rings. The summed E-state index contributed by atoms with van der Waals surface area (Å²) in [5, 5.41) is 4.19. The van der Waals surface area contributed by atoms with E-state index in [4.69, 9.17) is 16.3 Å². The minimum atomic E-state index is 0.334. The number of unbranched alkanes of at least 4 members (excludes halogenated alkanes) is 1. The molecule has 0 saturated carbocycles. The standard InChI is InChI=1S/C14H21BrClNO/c1-11(2)18-8-4-3-7-17-10-12-9-13(16)5-6-14(12)15/h5-6,9,11,17H,3-4,7-8,10H2,1-2H3. The van der Waals surface area contributed by atoms with Crippen LogP contribution in [0.15, 0.2) is 22.7 Å². The molecule has 0 aliphatic heterocycles. The monoisotopic (exact) mass is 333 g/mol. The van der Waals surface area contributed by atoms with E-state index in [0.717, 1.165) is 42.0 Å². The van der Waals surface area contributed by atoms with E-state index in [1.807, 2.05) is 18.2 Å². The van der Waals surface area contributed by atoms with Gasteiger partial charge in [0.25, 0.3) is 0 Å². The number of halogens is 2. The first-order valence-electron chi connectivity index (χ1n) is 6.36. The topological polar surface area (TPSA) is 21.3 Å². The fourth-order valence-electron chi connectivity index (χ4n) is 1.57. The molecule has 1 aromatic rings. The molecule has 0 spiro atoms. The van der Waals surface area contributed by atoms with Crippen molar-refractivity contribution in [3.8, 4) is 0 Å². The number of ether oxygens (including phenoxy) is 1. The van der Waals surface area contributed by atoms with Crippen LogP contribution in [-0.2, 0) is 11.3 Å². The predicted molar refractivity (Wildman–Crippen MR) is 81.2 cm³/mol. The summed E-state index contributed by atoms with van der Waals surface area (Å²) >= 11 is 9.48. The SMILES string of the molecule is CC(C)OCCCCNCc1cc(Cl)ccc1Br. The molecule has 0 aromatic heterocycles. The largest absolute Gasteiger partial charge is 0.379 e. The second-order valence-corrected chi connectivity index (χ2v) is 5.83. The van der Waals surface area contributed by atoms with Crippen LogP contribution in [0.4, 0.5) is 0 Å². The lowest BCUT2D eigenvalue weighted by atomic mass is 10.2. The van der Waals surface area contributed by atoms with Gasteiger partial charge in [-0.1, -0.05) is 27.5 Å². The van der Waals surface area contributed by atoms with Crippen LogP contribution in [0.2, 0.25) is 5.02 Å². The van der Waals surface area contributed by atoms with Gasteiger partial charge in [-0.2, -0.15) is 0 Å². The molecule has 4 heteroatoms. The Morgan fingerprint density at radius 3 is 2.83 bits per heavy atom. The Balaban J connectivity index is 2.12. The van der Waals surface area contributed by atoms with Gasteiger partial charge in [-0.25, -0.2) is 0 Å². The summed E-state index contributed by atoms with van der Waals surface area (Å²) in [7, 11) is 0. The van der Waals surface area contributed by atoms with Crippen LogP contribution < -0.4 is 5.32 Å². The van der Waals surface area contributed by atoms with Gasteiger partial charge in [0.15, 0.2) is 0 Å². The summed E-state index contributed by atoms with van der Waals surface area (Å²) in [6, 6.07) is 5.86. The van der Waals surface area contributed by atoms with Crippen molar-refractivity contribution < 1.29 is 4.74 Å². The zero-order chi connectivity index (χ0) is 13.4. The maximum Gasteiger partial charge on any atom is 0.0518 e. The highest BCUT2D eigenvalue weighted by molar-refractivity contribution is 9.10. The van der Waals surface area contributed by atoms with E-state index in [0.29, 0.717) is 6.10 Å². The molecule has 0 radical (unpaired) electrons. The molecule has 1 rings (SSSR count). The lowest BCUT2D eigenvalue weighted by Crippen LogP contribution is -2.16. The highest BCUT2D eigenvalue weighted by Gasteiger charge is 2.00. The van der Waals surface area contributed by atoms with Crippen LogP contribution in [0.5, 0.6) is 0 Å². The van der Waals surface area contributed by atoms with Crippen LogP contribution in [0.1, 0.15) is 32.3 Å². The van der Waals surface area contributed by atoms with Crippen LogP contribution in [0, 0.1) is 0 Å². The highest BCUT2D eigenvalue weighted by Crippen LogP contribution is 2.20. The smallest absolute Gasteiger partial charge is 0.0518 e. The first-order chi connectivity index (χ1) is 8.59. The molecule has 2 nitrogen and oxygen atoms in total. The van der Waals surface area contributed by atoms with Crippen molar-refractivity contribution in [2.45, 2.75) is 39.3 Å². The minimum absolute atomic E-state index is 0.334. The molecule has 0 bridgehead atoms. The summed E-state index contributed by atoms with van der Waals surface area (Å²) in [5.74, 6) is 0. The van der Waals surface area contributed by atoms with Crippen molar-refractivity contribution in [1.82, 2.24) is 5.32 Å². The average molecular weight is 335 g/mol. The van der Waals surface area contributed by atoms with Crippen molar-refractivity contribution in [3.63, 3.8) is 0 Å². The molecular formula is C14H21BrClNO. The lowest BCUT2D eigenvalue weighted by molar-refractivity contribution is 0.0760. The van der Waals surface area contributed by atoms with Crippen molar-refractivity contribution in [1.29, 1.82) is 0 Å². The van der Waals surface area contributed by atoms with E-state index in [9.17, 15) is 0 Å².